The van der Waals surface area contributed by atoms with Crippen LogP contribution < -0.4 is 10.2 Å². The molecule has 34 heavy (non-hydrogen) atoms. The Labute approximate surface area is 202 Å². The van der Waals surface area contributed by atoms with Crippen LogP contribution in [0.1, 0.15) is 30.7 Å². The van der Waals surface area contributed by atoms with Gasteiger partial charge in [-0.15, -0.1) is 10.2 Å². The minimum Gasteiger partial charge on any atom is -0.378 e. The van der Waals surface area contributed by atoms with Crippen LogP contribution in [0.25, 0.3) is 0 Å². The van der Waals surface area contributed by atoms with Gasteiger partial charge in [0.15, 0.2) is 11.0 Å². The van der Waals surface area contributed by atoms with Crippen LogP contribution in [0.15, 0.2) is 53.7 Å². The number of fused-ring (bicyclic) bond motifs is 1. The molecule has 9 heteroatoms. The second-order valence-corrected chi connectivity index (χ2v) is 9.51. The van der Waals surface area contributed by atoms with E-state index in [2.05, 4.69) is 26.1 Å². The van der Waals surface area contributed by atoms with E-state index in [1.807, 2.05) is 23.1 Å². The molecule has 0 unspecified atom stereocenters. The number of hydrogen-bond donors (Lipinski definition) is 1. The van der Waals surface area contributed by atoms with Gasteiger partial charge in [-0.25, -0.2) is 4.39 Å². The largest absolute Gasteiger partial charge is 0.378 e. The smallest absolute Gasteiger partial charge is 0.237 e. The molecular formula is C25H28FN5O2S. The first-order valence-electron chi connectivity index (χ1n) is 11.7. The topological polar surface area (TPSA) is 72.3 Å². The third-order valence-electron chi connectivity index (χ3n) is 6.23. The average molecular weight is 482 g/mol. The maximum Gasteiger partial charge on any atom is 0.237 e. The number of para-hydroxylation sites is 1. The molecular weight excluding hydrogens is 453 g/mol. The molecule has 0 radical (unpaired) electrons. The van der Waals surface area contributed by atoms with E-state index < -0.39 is 0 Å². The first kappa shape index (κ1) is 22.9. The van der Waals surface area contributed by atoms with Crippen molar-refractivity contribution < 1.29 is 13.9 Å². The number of carbonyl (C=O) groups is 1. The molecule has 2 aliphatic heterocycles. The summed E-state index contributed by atoms with van der Waals surface area (Å²) in [7, 11) is 0. The summed E-state index contributed by atoms with van der Waals surface area (Å²) in [6.45, 7) is 2.60. The summed E-state index contributed by atoms with van der Waals surface area (Å²) in [6, 6.07) is 14.4. The summed E-state index contributed by atoms with van der Waals surface area (Å²) in [4.78, 5) is 15.0. The summed E-state index contributed by atoms with van der Waals surface area (Å²) in [5, 5.41) is 12.8. The highest BCUT2D eigenvalue weighted by atomic mass is 32.2. The molecule has 0 bridgehead atoms. The number of ether oxygens (including phenoxy) is 1. The van der Waals surface area contributed by atoms with Gasteiger partial charge in [0, 0.05) is 24.5 Å². The van der Waals surface area contributed by atoms with Crippen molar-refractivity contribution >= 4 is 29.0 Å². The van der Waals surface area contributed by atoms with Crippen LogP contribution in [0.5, 0.6) is 0 Å². The van der Waals surface area contributed by atoms with Crippen LogP contribution in [0.2, 0.25) is 0 Å². The van der Waals surface area contributed by atoms with E-state index in [4.69, 9.17) is 4.74 Å². The van der Waals surface area contributed by atoms with Crippen molar-refractivity contribution in [2.24, 2.45) is 0 Å². The van der Waals surface area contributed by atoms with Crippen molar-refractivity contribution in [2.75, 3.05) is 29.1 Å². The lowest BCUT2D eigenvalue weighted by Crippen LogP contribution is -2.36. The number of nitrogens with one attached hydrogen (secondary N) is 1. The highest BCUT2D eigenvalue weighted by molar-refractivity contribution is 7.99. The Bertz CT molecular complexity index is 1130. The van der Waals surface area contributed by atoms with Gasteiger partial charge in [0.2, 0.25) is 5.91 Å². The van der Waals surface area contributed by atoms with E-state index >= 15 is 0 Å². The standard InChI is InChI=1S/C25H28FN5O2S/c26-19-9-11-20(12-10-19)27-15-23-28-29-25(31(23)16-21-7-4-14-33-21)34-17-24(32)30-13-3-6-18-5-1-2-8-22(18)30/h1-2,5,8-12,21,27H,3-4,6-7,13-17H2/t21-/m0/s1. The second kappa shape index (κ2) is 10.6. The molecule has 0 spiro atoms. The highest BCUT2D eigenvalue weighted by Crippen LogP contribution is 2.28. The first-order chi connectivity index (χ1) is 16.7. The lowest BCUT2D eigenvalue weighted by Gasteiger charge is -2.29. The molecule has 2 aliphatic rings. The zero-order valence-electron chi connectivity index (χ0n) is 19.0. The van der Waals surface area contributed by atoms with Crippen molar-refractivity contribution in [3.05, 3.63) is 65.7 Å². The van der Waals surface area contributed by atoms with Gasteiger partial charge in [0.25, 0.3) is 0 Å². The molecule has 3 aromatic rings. The Balaban J connectivity index is 1.28. The minimum absolute atomic E-state index is 0.0785. The van der Waals surface area contributed by atoms with Crippen molar-refractivity contribution in [3.63, 3.8) is 0 Å². The normalized spacial score (nSPS) is 17.6. The SMILES string of the molecule is O=C(CSc1nnc(CNc2ccc(F)cc2)n1C[C@@H]1CCCO1)N1CCCc2ccccc21. The zero-order chi connectivity index (χ0) is 23.3. The predicted molar refractivity (Wildman–Crippen MR) is 131 cm³/mol. The first-order valence-corrected chi connectivity index (χ1v) is 12.7. The van der Waals surface area contributed by atoms with E-state index in [1.54, 1.807) is 12.1 Å². The van der Waals surface area contributed by atoms with Crippen LogP contribution in [0, 0.1) is 5.82 Å². The number of hydrogen-bond acceptors (Lipinski definition) is 6. The molecule has 7 nitrogen and oxygen atoms in total. The maximum absolute atomic E-state index is 13.2. The Morgan fingerprint density at radius 2 is 2.00 bits per heavy atom. The van der Waals surface area contributed by atoms with Gasteiger partial charge < -0.3 is 19.5 Å². The number of aromatic nitrogens is 3. The molecule has 178 valence electrons. The Kier molecular flexibility index (Phi) is 7.10. The molecule has 0 saturated carbocycles. The number of rotatable bonds is 8. The number of halogens is 1. The second-order valence-electron chi connectivity index (χ2n) is 8.57. The molecule has 1 aromatic heterocycles. The molecule has 1 saturated heterocycles. The summed E-state index contributed by atoms with van der Waals surface area (Å²) < 4.78 is 21.1. The monoisotopic (exact) mass is 481 g/mol. The van der Waals surface area contributed by atoms with Gasteiger partial charge in [-0.1, -0.05) is 30.0 Å². The lowest BCUT2D eigenvalue weighted by molar-refractivity contribution is -0.116. The number of amides is 1. The van der Waals surface area contributed by atoms with Gasteiger partial charge in [-0.05, 0) is 61.6 Å². The minimum atomic E-state index is -0.271. The average Bonchev–Trinajstić information content (AvgIpc) is 3.52. The fourth-order valence-electron chi connectivity index (χ4n) is 4.48. The zero-order valence-corrected chi connectivity index (χ0v) is 19.8. The summed E-state index contributed by atoms with van der Waals surface area (Å²) in [5.41, 5.74) is 3.05. The Morgan fingerprint density at radius 3 is 2.82 bits per heavy atom. The fourth-order valence-corrected chi connectivity index (χ4v) is 5.32. The van der Waals surface area contributed by atoms with Crippen LogP contribution in [0.3, 0.4) is 0 Å². The van der Waals surface area contributed by atoms with Gasteiger partial charge >= 0.3 is 0 Å². The number of anilines is 2. The summed E-state index contributed by atoms with van der Waals surface area (Å²) >= 11 is 1.42. The molecule has 1 amide bonds. The van der Waals surface area contributed by atoms with Crippen LogP contribution in [0.4, 0.5) is 15.8 Å². The Morgan fingerprint density at radius 1 is 1.15 bits per heavy atom. The van der Waals surface area contributed by atoms with Crippen molar-refractivity contribution in [2.45, 2.75) is 50.0 Å². The third-order valence-corrected chi connectivity index (χ3v) is 7.19. The Hall–Kier alpha value is -2.91. The number of thioether (sulfide) groups is 1. The molecule has 0 aliphatic carbocycles. The lowest BCUT2D eigenvalue weighted by atomic mass is 10.0. The van der Waals surface area contributed by atoms with Gasteiger partial charge in [-0.2, -0.15) is 0 Å². The molecule has 1 atom stereocenters. The summed E-state index contributed by atoms with van der Waals surface area (Å²) in [5.74, 6) is 0.864. The number of benzene rings is 2. The van der Waals surface area contributed by atoms with E-state index in [9.17, 15) is 9.18 Å². The third kappa shape index (κ3) is 5.26. The van der Waals surface area contributed by atoms with E-state index in [0.29, 0.717) is 24.0 Å². The van der Waals surface area contributed by atoms with Crippen molar-refractivity contribution in [1.29, 1.82) is 0 Å². The van der Waals surface area contributed by atoms with Gasteiger partial charge in [-0.3, -0.25) is 4.79 Å². The van der Waals surface area contributed by atoms with E-state index in [-0.39, 0.29) is 17.8 Å². The summed E-state index contributed by atoms with van der Waals surface area (Å²) in [6.07, 6.45) is 4.14. The van der Waals surface area contributed by atoms with E-state index in [1.165, 1.54) is 29.5 Å². The molecule has 2 aromatic carbocycles. The van der Waals surface area contributed by atoms with Crippen LogP contribution >= 0.6 is 11.8 Å². The van der Waals surface area contributed by atoms with Gasteiger partial charge in [0.05, 0.1) is 24.9 Å². The molecule has 1 N–H and O–H groups in total. The van der Waals surface area contributed by atoms with Crippen LogP contribution in [-0.4, -0.2) is 45.7 Å². The quantitative estimate of drug-likeness (QED) is 0.484. The highest BCUT2D eigenvalue weighted by Gasteiger charge is 2.25. The molecule has 1 fully saturated rings. The van der Waals surface area contributed by atoms with E-state index in [0.717, 1.165) is 56.0 Å². The molecule has 5 rings (SSSR count). The predicted octanol–water partition coefficient (Wildman–Crippen LogP) is 4.28. The van der Waals surface area contributed by atoms with Gasteiger partial charge in [0.1, 0.15) is 5.82 Å². The van der Waals surface area contributed by atoms with Crippen molar-refractivity contribution in [3.8, 4) is 0 Å². The van der Waals surface area contributed by atoms with Crippen molar-refractivity contribution in [1.82, 2.24) is 14.8 Å². The number of nitrogens with zero attached hydrogens (tertiary/aromatic N) is 4. The fraction of sp³-hybridized carbons (Fsp3) is 0.400. The van der Waals surface area contributed by atoms with Crippen LogP contribution in [-0.2, 0) is 29.0 Å². The molecule has 3 heterocycles. The number of carbonyl (C=O) groups excluding carboxylic acids is 1. The number of aryl methyl sites for hydroxylation is 1. The maximum atomic E-state index is 13.2.